The molecule has 1 fully saturated rings. The molecule has 1 unspecified atom stereocenters. The molecule has 1 amide bonds. The second-order valence-electron chi connectivity index (χ2n) is 5.43. The Morgan fingerprint density at radius 2 is 2.41 bits per heavy atom. The van der Waals surface area contributed by atoms with Crippen molar-refractivity contribution < 1.29 is 9.21 Å². The molecule has 1 aromatic heterocycles. The van der Waals surface area contributed by atoms with Gasteiger partial charge in [0.25, 0.3) is 5.91 Å². The summed E-state index contributed by atoms with van der Waals surface area (Å²) in [5.74, 6) is 0.732. The Kier molecular flexibility index (Phi) is 5.09. The summed E-state index contributed by atoms with van der Waals surface area (Å²) in [7, 11) is 0. The molecule has 0 bridgehead atoms. The Labute approximate surface area is 143 Å². The van der Waals surface area contributed by atoms with Crippen molar-refractivity contribution in [2.24, 2.45) is 0 Å². The van der Waals surface area contributed by atoms with Crippen LogP contribution >= 0.6 is 22.6 Å². The number of piperidine rings is 1. The third-order valence-corrected chi connectivity index (χ3v) is 4.41. The van der Waals surface area contributed by atoms with E-state index in [4.69, 9.17) is 4.42 Å². The second kappa shape index (κ2) is 7.23. The lowest BCUT2D eigenvalue weighted by Crippen LogP contribution is -2.28. The van der Waals surface area contributed by atoms with Gasteiger partial charge in [-0.15, -0.1) is 0 Å². The average Bonchev–Trinajstić information content (AvgIpc) is 3.04. The van der Waals surface area contributed by atoms with Crippen molar-refractivity contribution >= 4 is 28.5 Å². The molecular formula is C16H18IN3O2. The zero-order valence-corrected chi connectivity index (χ0v) is 14.3. The maximum atomic E-state index is 12.1. The monoisotopic (exact) mass is 411 g/mol. The molecule has 2 aromatic rings. The lowest BCUT2D eigenvalue weighted by atomic mass is 10.00. The van der Waals surface area contributed by atoms with Crippen molar-refractivity contribution in [1.82, 2.24) is 15.6 Å². The van der Waals surface area contributed by atoms with Gasteiger partial charge in [-0.2, -0.15) is 0 Å². The number of benzene rings is 1. The smallest absolute Gasteiger partial charge is 0.273 e. The maximum Gasteiger partial charge on any atom is 0.273 e. The van der Waals surface area contributed by atoms with E-state index in [-0.39, 0.29) is 11.8 Å². The van der Waals surface area contributed by atoms with Gasteiger partial charge in [-0.05, 0) is 59.7 Å². The van der Waals surface area contributed by atoms with Crippen LogP contribution in [0.3, 0.4) is 0 Å². The highest BCUT2D eigenvalue weighted by Gasteiger charge is 2.21. The van der Waals surface area contributed by atoms with Crippen molar-refractivity contribution in [3.05, 3.63) is 51.2 Å². The largest absolute Gasteiger partial charge is 0.448 e. The van der Waals surface area contributed by atoms with Gasteiger partial charge >= 0.3 is 0 Å². The normalized spacial score (nSPS) is 18.1. The van der Waals surface area contributed by atoms with Gasteiger partial charge in [0.1, 0.15) is 6.26 Å². The highest BCUT2D eigenvalue weighted by atomic mass is 127. The van der Waals surface area contributed by atoms with E-state index < -0.39 is 0 Å². The molecule has 1 aliphatic heterocycles. The molecule has 22 heavy (non-hydrogen) atoms. The van der Waals surface area contributed by atoms with E-state index in [0.717, 1.165) is 35.1 Å². The van der Waals surface area contributed by atoms with Crippen molar-refractivity contribution in [3.63, 3.8) is 0 Å². The van der Waals surface area contributed by atoms with Crippen molar-refractivity contribution in [2.75, 3.05) is 13.1 Å². The third kappa shape index (κ3) is 3.86. The fraction of sp³-hybridized carbons (Fsp3) is 0.375. The quantitative estimate of drug-likeness (QED) is 0.760. The average molecular weight is 411 g/mol. The number of hydrogen-bond donors (Lipinski definition) is 2. The summed E-state index contributed by atoms with van der Waals surface area (Å²) in [4.78, 5) is 16.5. The van der Waals surface area contributed by atoms with E-state index in [1.54, 1.807) is 0 Å². The van der Waals surface area contributed by atoms with Crippen LogP contribution in [0.2, 0.25) is 0 Å². The van der Waals surface area contributed by atoms with Crippen LogP contribution in [0.4, 0.5) is 0 Å². The fourth-order valence-corrected chi connectivity index (χ4v) is 3.17. The Bertz CT molecular complexity index is 650. The minimum absolute atomic E-state index is 0.197. The molecule has 2 N–H and O–H groups in total. The Morgan fingerprint density at radius 1 is 1.50 bits per heavy atom. The molecule has 2 heterocycles. The summed E-state index contributed by atoms with van der Waals surface area (Å²) in [6.07, 6.45) is 3.62. The number of carbonyl (C=O) groups excluding carboxylic acids is 1. The van der Waals surface area contributed by atoms with Gasteiger partial charge in [-0.1, -0.05) is 12.1 Å². The zero-order chi connectivity index (χ0) is 15.4. The number of halogens is 1. The lowest BCUT2D eigenvalue weighted by molar-refractivity contribution is 0.0946. The third-order valence-electron chi connectivity index (χ3n) is 3.74. The number of rotatable bonds is 4. The summed E-state index contributed by atoms with van der Waals surface area (Å²) in [5.41, 5.74) is 1.42. The Morgan fingerprint density at radius 3 is 3.18 bits per heavy atom. The van der Waals surface area contributed by atoms with Gasteiger partial charge in [0, 0.05) is 22.6 Å². The van der Waals surface area contributed by atoms with Crippen LogP contribution < -0.4 is 10.6 Å². The molecule has 1 aromatic carbocycles. The first-order valence-corrected chi connectivity index (χ1v) is 8.49. The van der Waals surface area contributed by atoms with Gasteiger partial charge in [-0.25, -0.2) is 4.98 Å². The van der Waals surface area contributed by atoms with Crippen LogP contribution in [0.25, 0.3) is 0 Å². The van der Waals surface area contributed by atoms with Gasteiger partial charge < -0.3 is 15.1 Å². The number of aromatic nitrogens is 1. The minimum Gasteiger partial charge on any atom is -0.448 e. The molecule has 0 radical (unpaired) electrons. The topological polar surface area (TPSA) is 67.2 Å². The maximum absolute atomic E-state index is 12.1. The van der Waals surface area contributed by atoms with Crippen molar-refractivity contribution in [3.8, 4) is 0 Å². The Balaban J connectivity index is 1.59. The summed E-state index contributed by atoms with van der Waals surface area (Å²) in [5, 5.41) is 6.20. The summed E-state index contributed by atoms with van der Waals surface area (Å²) in [6, 6.07) is 8.04. The molecule has 6 heteroatoms. The highest BCUT2D eigenvalue weighted by Crippen LogP contribution is 2.22. The number of amides is 1. The summed E-state index contributed by atoms with van der Waals surface area (Å²) >= 11 is 2.26. The Hall–Kier alpha value is -1.41. The predicted molar refractivity (Wildman–Crippen MR) is 91.7 cm³/mol. The number of hydrogen-bond acceptors (Lipinski definition) is 4. The van der Waals surface area contributed by atoms with Crippen LogP contribution in [-0.4, -0.2) is 24.0 Å². The molecule has 1 atom stereocenters. The van der Waals surface area contributed by atoms with E-state index in [1.165, 1.54) is 6.26 Å². The van der Waals surface area contributed by atoms with Crippen LogP contribution in [0.1, 0.15) is 40.7 Å². The number of oxazole rings is 1. The highest BCUT2D eigenvalue weighted by molar-refractivity contribution is 14.1. The van der Waals surface area contributed by atoms with Crippen LogP contribution in [0.5, 0.6) is 0 Å². The standard InChI is InChI=1S/C16H18IN3O2/c17-13-5-1-3-11(7-13)8-19-15(21)14-10-22-16(20-14)12-4-2-6-18-9-12/h1,3,5,7,10,12,18H,2,4,6,8-9H2,(H,19,21). The summed E-state index contributed by atoms with van der Waals surface area (Å²) < 4.78 is 6.63. The van der Waals surface area contributed by atoms with Crippen LogP contribution in [-0.2, 0) is 6.54 Å². The minimum atomic E-state index is -0.197. The summed E-state index contributed by atoms with van der Waals surface area (Å²) in [6.45, 7) is 2.40. The first-order chi connectivity index (χ1) is 10.7. The molecule has 1 saturated heterocycles. The van der Waals surface area contributed by atoms with Gasteiger partial charge in [-0.3, -0.25) is 4.79 Å². The van der Waals surface area contributed by atoms with Crippen molar-refractivity contribution in [1.29, 1.82) is 0 Å². The van der Waals surface area contributed by atoms with Gasteiger partial charge in [0.2, 0.25) is 0 Å². The number of carbonyl (C=O) groups is 1. The number of nitrogens with one attached hydrogen (secondary N) is 2. The van der Waals surface area contributed by atoms with E-state index in [0.29, 0.717) is 18.1 Å². The van der Waals surface area contributed by atoms with E-state index in [2.05, 4.69) is 38.2 Å². The van der Waals surface area contributed by atoms with E-state index in [1.807, 2.05) is 24.3 Å². The first kappa shape index (κ1) is 15.5. The number of nitrogens with zero attached hydrogens (tertiary/aromatic N) is 1. The fourth-order valence-electron chi connectivity index (χ4n) is 2.56. The second-order valence-corrected chi connectivity index (χ2v) is 6.67. The molecular weight excluding hydrogens is 393 g/mol. The lowest BCUT2D eigenvalue weighted by Gasteiger charge is -2.19. The van der Waals surface area contributed by atoms with E-state index in [9.17, 15) is 4.79 Å². The SMILES string of the molecule is O=C(NCc1cccc(I)c1)c1coc(C2CCCNC2)n1. The zero-order valence-electron chi connectivity index (χ0n) is 12.1. The van der Waals surface area contributed by atoms with E-state index >= 15 is 0 Å². The molecule has 116 valence electrons. The molecule has 1 aliphatic rings. The molecule has 0 spiro atoms. The molecule has 0 saturated carbocycles. The van der Waals surface area contributed by atoms with Crippen LogP contribution in [0.15, 0.2) is 34.9 Å². The first-order valence-electron chi connectivity index (χ1n) is 7.41. The van der Waals surface area contributed by atoms with Gasteiger partial charge in [0.15, 0.2) is 11.6 Å². The van der Waals surface area contributed by atoms with Crippen molar-refractivity contribution in [2.45, 2.75) is 25.3 Å². The predicted octanol–water partition coefficient (Wildman–Crippen LogP) is 2.68. The van der Waals surface area contributed by atoms with Crippen LogP contribution in [0, 0.1) is 3.57 Å². The molecule has 3 rings (SSSR count). The van der Waals surface area contributed by atoms with Gasteiger partial charge in [0.05, 0.1) is 0 Å². The molecule has 5 nitrogen and oxygen atoms in total. The molecule has 0 aliphatic carbocycles.